The highest BCUT2D eigenvalue weighted by Crippen LogP contribution is 2.40. The fourth-order valence-corrected chi connectivity index (χ4v) is 4.09. The van der Waals surface area contributed by atoms with Crippen LogP contribution < -0.4 is 14.2 Å². The van der Waals surface area contributed by atoms with E-state index in [1.165, 1.54) is 21.3 Å². The second kappa shape index (κ2) is 9.06. The summed E-state index contributed by atoms with van der Waals surface area (Å²) >= 11 is 0. The topological polar surface area (TPSA) is 63.8 Å². The van der Waals surface area contributed by atoms with Gasteiger partial charge in [-0.05, 0) is 23.8 Å². The normalized spacial score (nSPS) is 11.8. The molecule has 1 heterocycles. The highest BCUT2D eigenvalue weighted by atomic mass is 16.5. The summed E-state index contributed by atoms with van der Waals surface area (Å²) in [5, 5.41) is 1.07. The number of ether oxygens (including phenoxy) is 3. The zero-order valence-electron chi connectivity index (χ0n) is 18.6. The minimum atomic E-state index is -0.293. The number of carbonyl (C=O) groups is 1. The third-order valence-electron chi connectivity index (χ3n) is 5.65. The van der Waals surface area contributed by atoms with Crippen LogP contribution >= 0.6 is 0 Å². The maximum Gasteiger partial charge on any atom is 0.254 e. The number of benzene rings is 3. The van der Waals surface area contributed by atoms with E-state index in [4.69, 9.17) is 14.2 Å². The number of aromatic nitrogens is 1. The molecule has 0 aliphatic carbocycles. The summed E-state index contributed by atoms with van der Waals surface area (Å²) in [4.78, 5) is 18.8. The van der Waals surface area contributed by atoms with E-state index in [0.717, 1.165) is 22.0 Å². The molecule has 0 aliphatic rings. The predicted octanol–water partition coefficient (Wildman–Crippen LogP) is 5.06. The Morgan fingerprint density at radius 3 is 2.12 bits per heavy atom. The number of para-hydroxylation sites is 1. The maximum atomic E-state index is 13.7. The van der Waals surface area contributed by atoms with Crippen molar-refractivity contribution in [1.82, 2.24) is 9.88 Å². The number of hydrogen-bond acceptors (Lipinski definition) is 4. The van der Waals surface area contributed by atoms with Crippen LogP contribution in [0.1, 0.15) is 27.5 Å². The molecule has 1 aromatic heterocycles. The molecule has 1 atom stereocenters. The third-order valence-corrected chi connectivity index (χ3v) is 5.65. The minimum Gasteiger partial charge on any atom is -0.493 e. The monoisotopic (exact) mass is 430 g/mol. The number of hydrogen-bond donors (Lipinski definition) is 1. The molecule has 1 amide bonds. The molecule has 6 nitrogen and oxygen atoms in total. The van der Waals surface area contributed by atoms with Gasteiger partial charge in [0.15, 0.2) is 11.5 Å². The van der Waals surface area contributed by atoms with Gasteiger partial charge in [0.25, 0.3) is 5.91 Å². The Morgan fingerprint density at radius 1 is 0.875 bits per heavy atom. The molecular weight excluding hydrogens is 404 g/mol. The van der Waals surface area contributed by atoms with E-state index >= 15 is 0 Å². The molecule has 0 saturated heterocycles. The zero-order chi connectivity index (χ0) is 22.7. The molecule has 4 rings (SSSR count). The molecule has 1 unspecified atom stereocenters. The van der Waals surface area contributed by atoms with Gasteiger partial charge < -0.3 is 24.1 Å². The molecule has 0 bridgehead atoms. The second-order valence-corrected chi connectivity index (χ2v) is 7.43. The molecule has 3 aromatic carbocycles. The van der Waals surface area contributed by atoms with Gasteiger partial charge in [-0.15, -0.1) is 0 Å². The molecule has 0 aliphatic heterocycles. The number of amides is 1. The molecule has 164 valence electrons. The molecule has 0 fully saturated rings. The Morgan fingerprint density at radius 2 is 1.50 bits per heavy atom. The number of methoxy groups -OCH3 is 3. The highest BCUT2D eigenvalue weighted by Gasteiger charge is 2.28. The van der Waals surface area contributed by atoms with E-state index in [0.29, 0.717) is 22.8 Å². The number of H-pyrrole nitrogens is 1. The van der Waals surface area contributed by atoms with Gasteiger partial charge in [-0.25, -0.2) is 0 Å². The van der Waals surface area contributed by atoms with E-state index in [-0.39, 0.29) is 11.9 Å². The molecule has 1 N–H and O–H groups in total. The van der Waals surface area contributed by atoms with Gasteiger partial charge in [-0.2, -0.15) is 0 Å². The lowest BCUT2D eigenvalue weighted by Gasteiger charge is -2.29. The van der Waals surface area contributed by atoms with E-state index in [9.17, 15) is 4.79 Å². The van der Waals surface area contributed by atoms with Crippen LogP contribution in [0, 0.1) is 0 Å². The fraction of sp³-hybridized carbons (Fsp3) is 0.192. The molecule has 0 radical (unpaired) electrons. The lowest BCUT2D eigenvalue weighted by atomic mass is 9.96. The molecule has 32 heavy (non-hydrogen) atoms. The standard InChI is InChI=1S/C26H26N2O4/c1-28(26(29)18-14-22(30-2)25(32-4)23(15-18)31-3)24(17-10-6-5-7-11-17)20-16-27-21-13-9-8-12-19(20)21/h5-16,24,27H,1-4H3. The average molecular weight is 431 g/mol. The van der Waals surface area contributed by atoms with Crippen LogP contribution in [0.3, 0.4) is 0 Å². The van der Waals surface area contributed by atoms with Gasteiger partial charge in [-0.1, -0.05) is 48.5 Å². The first-order chi connectivity index (χ1) is 15.6. The van der Waals surface area contributed by atoms with Gasteiger partial charge in [0.1, 0.15) is 0 Å². The summed E-state index contributed by atoms with van der Waals surface area (Å²) in [7, 11) is 6.42. The van der Waals surface area contributed by atoms with Gasteiger partial charge in [-0.3, -0.25) is 4.79 Å². The quantitative estimate of drug-likeness (QED) is 0.445. The number of fused-ring (bicyclic) bond motifs is 1. The lowest BCUT2D eigenvalue weighted by molar-refractivity contribution is 0.0755. The van der Waals surface area contributed by atoms with Crippen molar-refractivity contribution in [1.29, 1.82) is 0 Å². The molecule has 4 aromatic rings. The van der Waals surface area contributed by atoms with Crippen molar-refractivity contribution in [3.05, 3.63) is 89.6 Å². The summed E-state index contributed by atoms with van der Waals surface area (Å²) in [5.41, 5.74) is 3.51. The first kappa shape index (κ1) is 21.3. The summed E-state index contributed by atoms with van der Waals surface area (Å²) in [5.74, 6) is 1.16. The predicted molar refractivity (Wildman–Crippen MR) is 125 cm³/mol. The summed E-state index contributed by atoms with van der Waals surface area (Å²) in [6.45, 7) is 0. The summed E-state index contributed by atoms with van der Waals surface area (Å²) < 4.78 is 16.3. The Labute approximate surface area is 187 Å². The number of nitrogens with one attached hydrogen (secondary N) is 1. The van der Waals surface area contributed by atoms with E-state index in [1.54, 1.807) is 17.0 Å². The maximum absolute atomic E-state index is 13.7. The SMILES string of the molecule is COc1cc(C(=O)N(C)C(c2ccccc2)c2c[nH]c3ccccc23)cc(OC)c1OC. The van der Waals surface area contributed by atoms with Gasteiger partial charge in [0.05, 0.1) is 27.4 Å². The van der Waals surface area contributed by atoms with Crippen LogP contribution in [-0.2, 0) is 0 Å². The largest absolute Gasteiger partial charge is 0.493 e. The van der Waals surface area contributed by atoms with Crippen LogP contribution in [0.15, 0.2) is 72.9 Å². The van der Waals surface area contributed by atoms with Crippen LogP contribution in [0.4, 0.5) is 0 Å². The number of aromatic amines is 1. The third kappa shape index (κ3) is 3.75. The van der Waals surface area contributed by atoms with Crippen LogP contribution in [0.25, 0.3) is 10.9 Å². The van der Waals surface area contributed by atoms with Crippen molar-refractivity contribution in [2.45, 2.75) is 6.04 Å². The van der Waals surface area contributed by atoms with Crippen LogP contribution in [-0.4, -0.2) is 44.2 Å². The number of rotatable bonds is 7. The molecule has 0 spiro atoms. The smallest absolute Gasteiger partial charge is 0.254 e. The van der Waals surface area contributed by atoms with Crippen LogP contribution in [0.2, 0.25) is 0 Å². The Hall–Kier alpha value is -3.93. The zero-order valence-corrected chi connectivity index (χ0v) is 18.6. The Bertz CT molecular complexity index is 1210. The Kier molecular flexibility index (Phi) is 6.03. The van der Waals surface area contributed by atoms with Gasteiger partial charge in [0, 0.05) is 35.3 Å². The van der Waals surface area contributed by atoms with Crippen molar-refractivity contribution in [3.63, 3.8) is 0 Å². The second-order valence-electron chi connectivity index (χ2n) is 7.43. The average Bonchev–Trinajstić information content (AvgIpc) is 3.27. The van der Waals surface area contributed by atoms with Gasteiger partial charge in [0.2, 0.25) is 5.75 Å². The fourth-order valence-electron chi connectivity index (χ4n) is 4.09. The van der Waals surface area contributed by atoms with E-state index in [2.05, 4.69) is 11.1 Å². The molecule has 6 heteroatoms. The first-order valence-electron chi connectivity index (χ1n) is 10.3. The molecular formula is C26H26N2O4. The van der Waals surface area contributed by atoms with Crippen LogP contribution in [0.5, 0.6) is 17.2 Å². The van der Waals surface area contributed by atoms with Crippen molar-refractivity contribution in [3.8, 4) is 17.2 Å². The van der Waals surface area contributed by atoms with Gasteiger partial charge >= 0.3 is 0 Å². The van der Waals surface area contributed by atoms with Crippen molar-refractivity contribution in [2.75, 3.05) is 28.4 Å². The highest BCUT2D eigenvalue weighted by molar-refractivity contribution is 5.96. The summed E-state index contributed by atoms with van der Waals surface area (Å²) in [6, 6.07) is 21.1. The van der Waals surface area contributed by atoms with Crippen molar-refractivity contribution >= 4 is 16.8 Å². The minimum absolute atomic E-state index is 0.164. The van der Waals surface area contributed by atoms with E-state index in [1.807, 2.05) is 61.8 Å². The summed E-state index contributed by atoms with van der Waals surface area (Å²) in [6.07, 6.45) is 1.97. The lowest BCUT2D eigenvalue weighted by Crippen LogP contribution is -2.32. The van der Waals surface area contributed by atoms with Crippen molar-refractivity contribution in [2.24, 2.45) is 0 Å². The Balaban J connectivity index is 1.82. The van der Waals surface area contributed by atoms with E-state index < -0.39 is 0 Å². The first-order valence-corrected chi connectivity index (χ1v) is 10.3. The number of nitrogens with zero attached hydrogens (tertiary/aromatic N) is 1. The van der Waals surface area contributed by atoms with Crippen molar-refractivity contribution < 1.29 is 19.0 Å². The molecule has 0 saturated carbocycles. The number of carbonyl (C=O) groups excluding carboxylic acids is 1.